The van der Waals surface area contributed by atoms with Crippen LogP contribution in [0.1, 0.15) is 42.1 Å². The zero-order chi connectivity index (χ0) is 20.1. The monoisotopic (exact) mass is 396 g/mol. The van der Waals surface area contributed by atoms with Gasteiger partial charge in [-0.2, -0.15) is 0 Å². The van der Waals surface area contributed by atoms with Gasteiger partial charge in [0.2, 0.25) is 0 Å². The summed E-state index contributed by atoms with van der Waals surface area (Å²) in [7, 11) is -3.17. The first-order chi connectivity index (χ1) is 13.2. The van der Waals surface area contributed by atoms with E-state index in [2.05, 4.69) is 35.5 Å². The van der Waals surface area contributed by atoms with E-state index in [4.69, 9.17) is 0 Å². The highest BCUT2D eigenvalue weighted by Gasteiger charge is 2.26. The summed E-state index contributed by atoms with van der Waals surface area (Å²) in [5, 5.41) is 1.12. The molecule has 0 radical (unpaired) electrons. The lowest BCUT2D eigenvalue weighted by atomic mass is 9.99. The number of fused-ring (bicyclic) bond motifs is 2. The Hall–Kier alpha value is -2.28. The minimum atomic E-state index is -3.17. The molecule has 0 fully saturated rings. The second-order valence-electron chi connectivity index (χ2n) is 8.09. The van der Waals surface area contributed by atoms with Crippen molar-refractivity contribution in [1.82, 2.24) is 4.57 Å². The molecule has 0 unspecified atom stereocenters. The Morgan fingerprint density at radius 1 is 1.18 bits per heavy atom. The van der Waals surface area contributed by atoms with Gasteiger partial charge in [-0.1, -0.05) is 13.8 Å². The first-order valence-electron chi connectivity index (χ1n) is 9.65. The van der Waals surface area contributed by atoms with Crippen LogP contribution in [0, 0.1) is 5.82 Å². The molecule has 0 saturated carbocycles. The number of benzene rings is 2. The summed E-state index contributed by atoms with van der Waals surface area (Å²) in [6.07, 6.45) is 2.50. The molecular weight excluding hydrogens is 371 g/mol. The molecule has 2 aromatic carbocycles. The van der Waals surface area contributed by atoms with E-state index in [1.807, 2.05) is 6.21 Å². The van der Waals surface area contributed by atoms with E-state index in [1.54, 1.807) is 18.7 Å². The first kappa shape index (κ1) is 19.1. The number of rotatable bonds is 5. The molecule has 0 spiro atoms. The normalized spacial score (nSPS) is 13.7. The van der Waals surface area contributed by atoms with Crippen molar-refractivity contribution in [2.24, 2.45) is 4.99 Å². The van der Waals surface area contributed by atoms with Crippen LogP contribution < -0.4 is 0 Å². The lowest BCUT2D eigenvalue weighted by Gasteiger charge is -2.17. The van der Waals surface area contributed by atoms with Crippen molar-refractivity contribution in [2.45, 2.75) is 45.3 Å². The van der Waals surface area contributed by atoms with Crippen LogP contribution in [-0.4, -0.2) is 28.9 Å². The van der Waals surface area contributed by atoms with Crippen LogP contribution in [0.4, 0.5) is 4.39 Å². The van der Waals surface area contributed by atoms with Crippen LogP contribution in [0.15, 0.2) is 41.4 Å². The fourth-order valence-corrected chi connectivity index (χ4v) is 4.80. The van der Waals surface area contributed by atoms with E-state index in [1.165, 1.54) is 17.7 Å². The second-order valence-corrected chi connectivity index (χ2v) is 11.0. The van der Waals surface area contributed by atoms with Crippen LogP contribution >= 0.6 is 0 Å². The molecule has 0 atom stereocenters. The molecule has 1 aliphatic rings. The van der Waals surface area contributed by atoms with Crippen molar-refractivity contribution in [1.29, 1.82) is 0 Å². The van der Waals surface area contributed by atoms with E-state index in [0.717, 1.165) is 33.4 Å². The zero-order valence-corrected chi connectivity index (χ0v) is 17.4. The Bertz CT molecular complexity index is 1060. The molecule has 0 aliphatic carbocycles. The van der Waals surface area contributed by atoms with Gasteiger partial charge in [0.15, 0.2) is 0 Å². The van der Waals surface area contributed by atoms with Crippen LogP contribution in [0.25, 0.3) is 16.6 Å². The summed E-state index contributed by atoms with van der Waals surface area (Å²) >= 11 is 0. The lowest BCUT2D eigenvalue weighted by Crippen LogP contribution is -2.30. The van der Waals surface area contributed by atoms with Crippen molar-refractivity contribution in [2.75, 3.05) is 0 Å². The Kier molecular flexibility index (Phi) is 4.73. The first-order valence-corrected chi connectivity index (χ1v) is 12.3. The number of aliphatic imine (C=N–C) groups is 1. The van der Waals surface area contributed by atoms with Gasteiger partial charge >= 0.3 is 8.56 Å². The number of aryl methyl sites for hydroxylation is 1. The SMILES string of the molecule is CC(C)c1c(CC[Si](C)(O)O)c2cc3c(cc2n1-c1ccc(F)cc1)C=NC3. The van der Waals surface area contributed by atoms with Crippen molar-refractivity contribution in [3.05, 3.63) is 64.6 Å². The Balaban J connectivity index is 2.01. The highest BCUT2D eigenvalue weighted by molar-refractivity contribution is 6.63. The highest BCUT2D eigenvalue weighted by Crippen LogP contribution is 2.37. The summed E-state index contributed by atoms with van der Waals surface area (Å²) in [5.41, 5.74) is 6.54. The number of aromatic nitrogens is 1. The number of hydrogen-bond acceptors (Lipinski definition) is 3. The molecule has 2 heterocycles. The third kappa shape index (κ3) is 3.43. The predicted molar refractivity (Wildman–Crippen MR) is 113 cm³/mol. The maximum absolute atomic E-state index is 13.5. The maximum Gasteiger partial charge on any atom is 0.329 e. The third-order valence-corrected chi connectivity index (χ3v) is 6.54. The lowest BCUT2D eigenvalue weighted by molar-refractivity contribution is 0.369. The molecule has 0 saturated heterocycles. The molecule has 2 N–H and O–H groups in total. The van der Waals surface area contributed by atoms with E-state index >= 15 is 0 Å². The standard InChI is InChI=1S/C22H25FN2O2Si/c1-14(2)22-19(8-9-28(3,26)27)20-10-15-12-24-13-16(15)11-21(20)25(22)18-6-4-17(23)5-7-18/h4-7,10-11,13-14,26-27H,8-9,12H2,1-3H3. The molecule has 6 heteroatoms. The largest absolute Gasteiger partial charge is 0.411 e. The van der Waals surface area contributed by atoms with E-state index in [-0.39, 0.29) is 11.7 Å². The summed E-state index contributed by atoms with van der Waals surface area (Å²) in [6, 6.07) is 11.3. The van der Waals surface area contributed by atoms with Crippen LogP contribution in [0.3, 0.4) is 0 Å². The van der Waals surface area contributed by atoms with Crippen LogP contribution in [0.2, 0.25) is 12.6 Å². The second kappa shape index (κ2) is 6.95. The number of halogens is 1. The van der Waals surface area contributed by atoms with Crippen molar-refractivity contribution in [3.8, 4) is 5.69 Å². The van der Waals surface area contributed by atoms with Gasteiger partial charge in [0.05, 0.1) is 12.1 Å². The van der Waals surface area contributed by atoms with Gasteiger partial charge in [-0.25, -0.2) is 4.39 Å². The van der Waals surface area contributed by atoms with Gasteiger partial charge < -0.3 is 14.2 Å². The Labute approximate surface area is 165 Å². The Morgan fingerprint density at radius 3 is 2.54 bits per heavy atom. The topological polar surface area (TPSA) is 57.8 Å². The van der Waals surface area contributed by atoms with Crippen LogP contribution in [0.5, 0.6) is 0 Å². The van der Waals surface area contributed by atoms with Crippen molar-refractivity contribution >= 4 is 25.7 Å². The van der Waals surface area contributed by atoms with Gasteiger partial charge in [-0.3, -0.25) is 4.99 Å². The van der Waals surface area contributed by atoms with Crippen molar-refractivity contribution < 1.29 is 14.0 Å². The number of hydrogen-bond donors (Lipinski definition) is 2. The van der Waals surface area contributed by atoms with Crippen molar-refractivity contribution in [3.63, 3.8) is 0 Å². The predicted octanol–water partition coefficient (Wildman–Crippen LogP) is 4.42. The molecule has 4 nitrogen and oxygen atoms in total. The number of nitrogens with zero attached hydrogens (tertiary/aromatic N) is 2. The quantitative estimate of drug-likeness (QED) is 0.627. The molecule has 3 aromatic rings. The molecular formula is C22H25FN2O2Si. The van der Waals surface area contributed by atoms with Gasteiger partial charge in [0.1, 0.15) is 5.82 Å². The van der Waals surface area contributed by atoms with Gasteiger partial charge in [-0.15, -0.1) is 0 Å². The van der Waals surface area contributed by atoms with Crippen LogP contribution in [-0.2, 0) is 13.0 Å². The highest BCUT2D eigenvalue weighted by atomic mass is 28.4. The zero-order valence-electron chi connectivity index (χ0n) is 16.4. The minimum absolute atomic E-state index is 0.223. The Morgan fingerprint density at radius 2 is 1.89 bits per heavy atom. The van der Waals surface area contributed by atoms with Gasteiger partial charge in [0, 0.05) is 23.0 Å². The average molecular weight is 397 g/mol. The summed E-state index contributed by atoms with van der Waals surface area (Å²) in [4.78, 5) is 24.4. The molecule has 28 heavy (non-hydrogen) atoms. The fraction of sp³-hybridized carbons (Fsp3) is 0.318. The van der Waals surface area contributed by atoms with Gasteiger partial charge in [-0.05, 0) is 78.0 Å². The molecule has 1 aliphatic heterocycles. The molecule has 4 rings (SSSR count). The smallest absolute Gasteiger partial charge is 0.329 e. The minimum Gasteiger partial charge on any atom is -0.411 e. The maximum atomic E-state index is 13.5. The van der Waals surface area contributed by atoms with E-state index in [9.17, 15) is 14.0 Å². The fourth-order valence-electron chi connectivity index (χ4n) is 4.08. The average Bonchev–Trinajstić information content (AvgIpc) is 3.19. The molecule has 0 amide bonds. The van der Waals surface area contributed by atoms with E-state index < -0.39 is 8.56 Å². The summed E-state index contributed by atoms with van der Waals surface area (Å²) in [6.45, 7) is 6.51. The third-order valence-electron chi connectivity index (χ3n) is 5.35. The van der Waals surface area contributed by atoms with E-state index in [0.29, 0.717) is 19.0 Å². The molecule has 1 aromatic heterocycles. The van der Waals surface area contributed by atoms with Gasteiger partial charge in [0.25, 0.3) is 0 Å². The summed E-state index contributed by atoms with van der Waals surface area (Å²) < 4.78 is 15.7. The molecule has 146 valence electrons. The molecule has 0 bridgehead atoms. The summed E-state index contributed by atoms with van der Waals surface area (Å²) in [5.74, 6) is -0.0387.